The minimum Gasteiger partial charge on any atom is -0.330 e. The molecule has 2 amide bonds. The van der Waals surface area contributed by atoms with E-state index in [9.17, 15) is 9.59 Å². The Labute approximate surface area is 81.3 Å². The molecule has 2 saturated heterocycles. The van der Waals surface area contributed by atoms with Gasteiger partial charge in [0.1, 0.15) is 12.6 Å². The van der Waals surface area contributed by atoms with Crippen LogP contribution in [0.1, 0.15) is 6.42 Å². The number of nitrogens with zero attached hydrogens (tertiary/aromatic N) is 1. The third-order valence-corrected chi connectivity index (χ3v) is 2.66. The second-order valence-corrected chi connectivity index (χ2v) is 3.65. The minimum absolute atomic E-state index is 0.00824. The molecule has 2 aliphatic rings. The predicted molar refractivity (Wildman–Crippen MR) is 46.8 cm³/mol. The molecule has 0 saturated carbocycles. The molecular weight excluding hydrogens is 186 g/mol. The van der Waals surface area contributed by atoms with E-state index in [0.717, 1.165) is 0 Å². The van der Waals surface area contributed by atoms with Crippen molar-refractivity contribution in [3.8, 4) is 0 Å². The summed E-state index contributed by atoms with van der Waals surface area (Å²) < 4.78 is 0. The van der Waals surface area contributed by atoms with Gasteiger partial charge in [-0.2, -0.15) is 0 Å². The van der Waals surface area contributed by atoms with Gasteiger partial charge >= 0.3 is 0 Å². The lowest BCUT2D eigenvalue weighted by atomic mass is 10.1. The van der Waals surface area contributed by atoms with Crippen molar-refractivity contribution in [1.82, 2.24) is 10.4 Å². The van der Waals surface area contributed by atoms with Crippen LogP contribution in [-0.2, 0) is 14.4 Å². The van der Waals surface area contributed by atoms with E-state index in [4.69, 9.17) is 10.6 Å². The number of carbonyl (C=O) groups is 2. The van der Waals surface area contributed by atoms with Crippen LogP contribution in [0.5, 0.6) is 0 Å². The van der Waals surface area contributed by atoms with Crippen molar-refractivity contribution >= 4 is 11.8 Å². The first-order valence-electron chi connectivity index (χ1n) is 4.63. The van der Waals surface area contributed by atoms with Gasteiger partial charge in [0, 0.05) is 13.0 Å². The Morgan fingerprint density at radius 3 is 2.86 bits per heavy atom. The lowest BCUT2D eigenvalue weighted by molar-refractivity contribution is -0.135. The molecule has 0 aromatic rings. The summed E-state index contributed by atoms with van der Waals surface area (Å²) in [7, 11) is 0. The van der Waals surface area contributed by atoms with Crippen LogP contribution in [0.4, 0.5) is 0 Å². The maximum absolute atomic E-state index is 11.5. The molecular formula is C8H13N3O3. The summed E-state index contributed by atoms with van der Waals surface area (Å²) in [5.41, 5.74) is 7.72. The van der Waals surface area contributed by atoms with Gasteiger partial charge in [-0.15, -0.1) is 0 Å². The molecule has 2 atom stereocenters. The molecule has 2 fully saturated rings. The van der Waals surface area contributed by atoms with Gasteiger partial charge in [-0.3, -0.25) is 14.4 Å². The second-order valence-electron chi connectivity index (χ2n) is 3.65. The van der Waals surface area contributed by atoms with E-state index < -0.39 is 6.04 Å². The van der Waals surface area contributed by atoms with Crippen molar-refractivity contribution in [3.05, 3.63) is 0 Å². The number of hydrogen-bond donors (Lipinski definition) is 2. The fourth-order valence-corrected chi connectivity index (χ4v) is 1.83. The Morgan fingerprint density at radius 1 is 1.57 bits per heavy atom. The molecule has 0 aromatic carbocycles. The normalized spacial score (nSPS) is 32.5. The average Bonchev–Trinajstić information content (AvgIpc) is 2.72. The van der Waals surface area contributed by atoms with Crippen LogP contribution in [0, 0.1) is 5.92 Å². The van der Waals surface area contributed by atoms with Gasteiger partial charge in [0.15, 0.2) is 0 Å². The molecule has 0 radical (unpaired) electrons. The first-order valence-corrected chi connectivity index (χ1v) is 4.63. The lowest BCUT2D eigenvalue weighted by Gasteiger charge is -2.20. The van der Waals surface area contributed by atoms with E-state index in [1.54, 1.807) is 4.90 Å². The number of nitrogens with one attached hydrogen (secondary N) is 1. The molecule has 2 heterocycles. The Hall–Kier alpha value is -1.14. The van der Waals surface area contributed by atoms with Crippen LogP contribution in [-0.4, -0.2) is 42.5 Å². The van der Waals surface area contributed by atoms with Crippen molar-refractivity contribution in [2.45, 2.75) is 12.5 Å². The number of rotatable bonds is 2. The van der Waals surface area contributed by atoms with Crippen LogP contribution in [0.25, 0.3) is 0 Å². The van der Waals surface area contributed by atoms with Gasteiger partial charge in [-0.1, -0.05) is 0 Å². The molecule has 0 bridgehead atoms. The molecule has 0 aromatic heterocycles. The summed E-state index contributed by atoms with van der Waals surface area (Å²) in [5.74, 6) is -0.0713. The molecule has 0 spiro atoms. The van der Waals surface area contributed by atoms with Crippen molar-refractivity contribution in [1.29, 1.82) is 0 Å². The van der Waals surface area contributed by atoms with E-state index in [1.165, 1.54) is 0 Å². The highest BCUT2D eigenvalue weighted by molar-refractivity contribution is 5.89. The lowest BCUT2D eigenvalue weighted by Crippen LogP contribution is -2.43. The number of hydroxylamine groups is 1. The Bertz CT molecular complexity index is 269. The molecule has 2 aliphatic heterocycles. The minimum atomic E-state index is -0.459. The third kappa shape index (κ3) is 1.46. The van der Waals surface area contributed by atoms with Crippen LogP contribution >= 0.6 is 0 Å². The van der Waals surface area contributed by atoms with Gasteiger partial charge in [0.05, 0.1) is 0 Å². The van der Waals surface area contributed by atoms with Crippen molar-refractivity contribution < 1.29 is 14.4 Å². The zero-order valence-corrected chi connectivity index (χ0v) is 7.73. The largest absolute Gasteiger partial charge is 0.330 e. The molecule has 0 aliphatic carbocycles. The fraction of sp³-hybridized carbons (Fsp3) is 0.750. The van der Waals surface area contributed by atoms with Crippen LogP contribution < -0.4 is 11.2 Å². The standard InChI is InChI=1S/C8H13N3O3/c9-2-5-1-7(12)11(3-5)6-4-14-10-8(6)13/h5-6H,1-4,9H2,(H,10,13). The summed E-state index contributed by atoms with van der Waals surface area (Å²) in [6, 6.07) is -0.459. The summed E-state index contributed by atoms with van der Waals surface area (Å²) in [6.07, 6.45) is 0.445. The van der Waals surface area contributed by atoms with Gasteiger partial charge < -0.3 is 10.6 Å². The van der Waals surface area contributed by atoms with Crippen LogP contribution in [0.3, 0.4) is 0 Å². The third-order valence-electron chi connectivity index (χ3n) is 2.66. The molecule has 2 unspecified atom stereocenters. The topological polar surface area (TPSA) is 84.7 Å². The predicted octanol–water partition coefficient (Wildman–Crippen LogP) is -1.78. The molecule has 3 N–H and O–H groups in total. The highest BCUT2D eigenvalue weighted by Crippen LogP contribution is 2.20. The Balaban J connectivity index is 2.04. The summed E-state index contributed by atoms with van der Waals surface area (Å²) in [6.45, 7) is 1.29. The van der Waals surface area contributed by atoms with E-state index >= 15 is 0 Å². The van der Waals surface area contributed by atoms with Crippen LogP contribution in [0.15, 0.2) is 0 Å². The SMILES string of the molecule is NCC1CC(=O)N(C2CONC2=O)C1. The average molecular weight is 199 g/mol. The summed E-state index contributed by atoms with van der Waals surface area (Å²) >= 11 is 0. The number of nitrogens with two attached hydrogens (primary N) is 1. The van der Waals surface area contributed by atoms with Crippen LogP contribution in [0.2, 0.25) is 0 Å². The highest BCUT2D eigenvalue weighted by atomic mass is 16.7. The Morgan fingerprint density at radius 2 is 2.36 bits per heavy atom. The van der Waals surface area contributed by atoms with Gasteiger partial charge in [-0.05, 0) is 12.5 Å². The number of hydrogen-bond acceptors (Lipinski definition) is 4. The van der Waals surface area contributed by atoms with E-state index in [1.807, 2.05) is 0 Å². The number of likely N-dealkylation sites (tertiary alicyclic amines) is 1. The Kier molecular flexibility index (Phi) is 2.39. The second kappa shape index (κ2) is 3.55. The zero-order valence-electron chi connectivity index (χ0n) is 7.73. The van der Waals surface area contributed by atoms with Gasteiger partial charge in [0.25, 0.3) is 5.91 Å². The summed E-state index contributed by atoms with van der Waals surface area (Å²) in [4.78, 5) is 29.1. The van der Waals surface area contributed by atoms with Crippen molar-refractivity contribution in [2.24, 2.45) is 11.7 Å². The maximum Gasteiger partial charge on any atom is 0.268 e. The molecule has 6 heteroatoms. The van der Waals surface area contributed by atoms with E-state index in [-0.39, 0.29) is 24.3 Å². The zero-order chi connectivity index (χ0) is 10.1. The van der Waals surface area contributed by atoms with Gasteiger partial charge in [-0.25, -0.2) is 5.48 Å². The molecule has 2 rings (SSSR count). The molecule has 14 heavy (non-hydrogen) atoms. The van der Waals surface area contributed by atoms with Crippen molar-refractivity contribution in [2.75, 3.05) is 19.7 Å². The molecule has 78 valence electrons. The monoisotopic (exact) mass is 199 g/mol. The first-order chi connectivity index (χ1) is 6.72. The number of amides is 2. The quantitative estimate of drug-likeness (QED) is 0.551. The maximum atomic E-state index is 11.5. The fourth-order valence-electron chi connectivity index (χ4n) is 1.83. The molecule has 6 nitrogen and oxygen atoms in total. The van der Waals surface area contributed by atoms with Crippen molar-refractivity contribution in [3.63, 3.8) is 0 Å². The number of carbonyl (C=O) groups excluding carboxylic acids is 2. The van der Waals surface area contributed by atoms with Gasteiger partial charge in [0.2, 0.25) is 5.91 Å². The smallest absolute Gasteiger partial charge is 0.268 e. The summed E-state index contributed by atoms with van der Waals surface area (Å²) in [5, 5.41) is 0. The highest BCUT2D eigenvalue weighted by Gasteiger charge is 2.39. The first kappa shape index (κ1) is 9.42. The van der Waals surface area contributed by atoms with E-state index in [0.29, 0.717) is 19.5 Å². The van der Waals surface area contributed by atoms with E-state index in [2.05, 4.69) is 5.48 Å².